The summed E-state index contributed by atoms with van der Waals surface area (Å²) < 4.78 is 19.5. The minimum absolute atomic E-state index is 0.0172. The summed E-state index contributed by atoms with van der Waals surface area (Å²) in [6.07, 6.45) is 0.658. The lowest BCUT2D eigenvalue weighted by atomic mass is 10.1. The van der Waals surface area contributed by atoms with Crippen LogP contribution in [0.25, 0.3) is 11.3 Å². The fourth-order valence-electron chi connectivity index (χ4n) is 4.30. The molecule has 1 aliphatic heterocycles. The predicted molar refractivity (Wildman–Crippen MR) is 140 cm³/mol. The zero-order chi connectivity index (χ0) is 26.4. The van der Waals surface area contributed by atoms with Crippen molar-refractivity contribution in [3.05, 3.63) is 72.0 Å². The van der Waals surface area contributed by atoms with Gasteiger partial charge in [0.2, 0.25) is 5.91 Å². The Hall–Kier alpha value is -4.01. The van der Waals surface area contributed by atoms with Crippen molar-refractivity contribution < 1.29 is 18.7 Å². The van der Waals surface area contributed by atoms with Gasteiger partial charge in [-0.05, 0) is 49.7 Å². The summed E-state index contributed by atoms with van der Waals surface area (Å²) in [5.74, 6) is 0.303. The van der Waals surface area contributed by atoms with Gasteiger partial charge in [-0.1, -0.05) is 31.2 Å². The van der Waals surface area contributed by atoms with Crippen molar-refractivity contribution in [3.63, 3.8) is 0 Å². The van der Waals surface area contributed by atoms with Crippen molar-refractivity contribution in [1.29, 1.82) is 0 Å². The number of anilines is 1. The van der Waals surface area contributed by atoms with Gasteiger partial charge in [0.15, 0.2) is 5.82 Å². The molecule has 4 rings (SSSR count). The number of benzene rings is 2. The van der Waals surface area contributed by atoms with Crippen LogP contribution in [0.2, 0.25) is 0 Å². The first-order chi connectivity index (χ1) is 17.9. The number of halogens is 1. The van der Waals surface area contributed by atoms with Crippen molar-refractivity contribution in [1.82, 2.24) is 20.0 Å². The van der Waals surface area contributed by atoms with E-state index in [1.807, 2.05) is 50.2 Å². The highest BCUT2D eigenvalue weighted by Crippen LogP contribution is 2.23. The van der Waals surface area contributed by atoms with Gasteiger partial charge >= 0.3 is 0 Å². The molecule has 1 atom stereocenters. The summed E-state index contributed by atoms with van der Waals surface area (Å²) in [5.41, 5.74) is 1.65. The Labute approximate surface area is 216 Å². The third-order valence-electron chi connectivity index (χ3n) is 6.77. The fourth-order valence-corrected chi connectivity index (χ4v) is 4.30. The Morgan fingerprint density at radius 2 is 1.78 bits per heavy atom. The molecule has 1 unspecified atom stereocenters. The molecule has 8 nitrogen and oxygen atoms in total. The van der Waals surface area contributed by atoms with Crippen LogP contribution in [0.5, 0.6) is 5.75 Å². The molecule has 1 fully saturated rings. The Morgan fingerprint density at radius 1 is 1.03 bits per heavy atom. The first-order valence-electron chi connectivity index (χ1n) is 12.5. The van der Waals surface area contributed by atoms with Crippen molar-refractivity contribution in [2.75, 3.05) is 44.7 Å². The van der Waals surface area contributed by atoms with Gasteiger partial charge in [0.25, 0.3) is 5.91 Å². The summed E-state index contributed by atoms with van der Waals surface area (Å²) >= 11 is 0. The van der Waals surface area contributed by atoms with E-state index in [9.17, 15) is 14.0 Å². The SMILES string of the molecule is CCC(C)N(CC(=O)N1CCN(c2ccc(-c3cccc(OC)c3)nn2)CC1)C(=O)c1ccccc1F. The van der Waals surface area contributed by atoms with Gasteiger partial charge in [0.1, 0.15) is 18.1 Å². The zero-order valence-electron chi connectivity index (χ0n) is 21.4. The highest BCUT2D eigenvalue weighted by Gasteiger charge is 2.29. The molecule has 37 heavy (non-hydrogen) atoms. The maximum absolute atomic E-state index is 14.3. The molecular formula is C28H32FN5O3. The van der Waals surface area contributed by atoms with Gasteiger partial charge in [-0.2, -0.15) is 0 Å². The second-order valence-corrected chi connectivity index (χ2v) is 9.05. The third kappa shape index (κ3) is 6.04. The van der Waals surface area contributed by atoms with Crippen molar-refractivity contribution >= 4 is 17.6 Å². The number of amides is 2. The molecule has 194 valence electrons. The average molecular weight is 506 g/mol. The minimum atomic E-state index is -0.583. The first kappa shape index (κ1) is 26.1. The summed E-state index contributed by atoms with van der Waals surface area (Å²) in [7, 11) is 1.63. The van der Waals surface area contributed by atoms with Gasteiger partial charge < -0.3 is 19.4 Å². The van der Waals surface area contributed by atoms with Gasteiger partial charge in [-0.15, -0.1) is 10.2 Å². The molecular weight excluding hydrogens is 473 g/mol. The van der Waals surface area contributed by atoms with E-state index in [2.05, 4.69) is 15.1 Å². The number of carbonyl (C=O) groups is 2. The van der Waals surface area contributed by atoms with E-state index in [1.165, 1.54) is 17.0 Å². The minimum Gasteiger partial charge on any atom is -0.497 e. The second-order valence-electron chi connectivity index (χ2n) is 9.05. The lowest BCUT2D eigenvalue weighted by Crippen LogP contribution is -2.53. The first-order valence-corrected chi connectivity index (χ1v) is 12.5. The number of hydrogen-bond donors (Lipinski definition) is 0. The Morgan fingerprint density at radius 3 is 2.43 bits per heavy atom. The van der Waals surface area contributed by atoms with Crippen molar-refractivity contribution in [2.45, 2.75) is 26.3 Å². The van der Waals surface area contributed by atoms with Gasteiger partial charge in [-0.25, -0.2) is 4.39 Å². The van der Waals surface area contributed by atoms with Crippen LogP contribution in [0.3, 0.4) is 0 Å². The molecule has 3 aromatic rings. The van der Waals surface area contributed by atoms with Gasteiger partial charge in [0, 0.05) is 37.8 Å². The maximum Gasteiger partial charge on any atom is 0.257 e. The molecule has 0 bridgehead atoms. The number of aromatic nitrogens is 2. The Balaban J connectivity index is 1.37. The molecule has 1 aromatic heterocycles. The van der Waals surface area contributed by atoms with E-state index >= 15 is 0 Å². The smallest absolute Gasteiger partial charge is 0.257 e. The highest BCUT2D eigenvalue weighted by molar-refractivity contribution is 5.97. The number of nitrogens with zero attached hydrogens (tertiary/aromatic N) is 5. The summed E-state index contributed by atoms with van der Waals surface area (Å²) in [5, 5.41) is 8.77. The molecule has 2 aromatic carbocycles. The van der Waals surface area contributed by atoms with E-state index in [0.29, 0.717) is 32.6 Å². The van der Waals surface area contributed by atoms with Crippen LogP contribution >= 0.6 is 0 Å². The average Bonchev–Trinajstić information content (AvgIpc) is 2.95. The molecule has 0 saturated carbocycles. The van der Waals surface area contributed by atoms with Crippen LogP contribution in [0.15, 0.2) is 60.7 Å². The third-order valence-corrected chi connectivity index (χ3v) is 6.77. The lowest BCUT2D eigenvalue weighted by molar-refractivity contribution is -0.132. The summed E-state index contributed by atoms with van der Waals surface area (Å²) in [6, 6.07) is 17.2. The van der Waals surface area contributed by atoms with Crippen molar-refractivity contribution in [2.24, 2.45) is 0 Å². The van der Waals surface area contributed by atoms with E-state index < -0.39 is 11.7 Å². The molecule has 1 aliphatic rings. The van der Waals surface area contributed by atoms with E-state index in [1.54, 1.807) is 24.1 Å². The van der Waals surface area contributed by atoms with Crippen LogP contribution < -0.4 is 9.64 Å². The molecule has 2 amide bonds. The van der Waals surface area contributed by atoms with Crippen LogP contribution in [-0.4, -0.2) is 77.7 Å². The van der Waals surface area contributed by atoms with E-state index in [0.717, 1.165) is 22.8 Å². The van der Waals surface area contributed by atoms with E-state index in [-0.39, 0.29) is 24.1 Å². The quantitative estimate of drug-likeness (QED) is 0.462. The number of piperazine rings is 1. The number of carbonyl (C=O) groups excluding carboxylic acids is 2. The summed E-state index contributed by atoms with van der Waals surface area (Å²) in [4.78, 5) is 31.5. The fraction of sp³-hybridized carbons (Fsp3) is 0.357. The summed E-state index contributed by atoms with van der Waals surface area (Å²) in [6.45, 7) is 5.93. The molecule has 0 N–H and O–H groups in total. The largest absolute Gasteiger partial charge is 0.497 e. The van der Waals surface area contributed by atoms with E-state index in [4.69, 9.17) is 4.74 Å². The Kier molecular flexibility index (Phi) is 8.32. The molecule has 0 aliphatic carbocycles. The second kappa shape index (κ2) is 11.8. The number of methoxy groups -OCH3 is 1. The standard InChI is InChI=1S/C28H32FN5O3/c1-4-20(2)34(28(36)23-10-5-6-11-24(23)29)19-27(35)33-16-14-32(15-17-33)26-13-12-25(30-31-26)21-8-7-9-22(18-21)37-3/h5-13,18,20H,4,14-17,19H2,1-3H3. The zero-order valence-corrected chi connectivity index (χ0v) is 21.4. The lowest BCUT2D eigenvalue weighted by Gasteiger charge is -2.37. The molecule has 9 heteroatoms. The topological polar surface area (TPSA) is 78.9 Å². The normalized spacial score (nSPS) is 14.3. The molecule has 0 radical (unpaired) electrons. The molecule has 0 spiro atoms. The Bertz CT molecular complexity index is 1230. The van der Waals surface area contributed by atoms with Crippen LogP contribution in [0.1, 0.15) is 30.6 Å². The van der Waals surface area contributed by atoms with Crippen LogP contribution in [0.4, 0.5) is 10.2 Å². The number of hydrogen-bond acceptors (Lipinski definition) is 6. The van der Waals surface area contributed by atoms with Crippen molar-refractivity contribution in [3.8, 4) is 17.0 Å². The van der Waals surface area contributed by atoms with Crippen LogP contribution in [-0.2, 0) is 4.79 Å². The van der Waals surface area contributed by atoms with Crippen LogP contribution in [0, 0.1) is 5.82 Å². The molecule has 1 saturated heterocycles. The van der Waals surface area contributed by atoms with Gasteiger partial charge in [-0.3, -0.25) is 9.59 Å². The maximum atomic E-state index is 14.3. The highest BCUT2D eigenvalue weighted by atomic mass is 19.1. The monoisotopic (exact) mass is 505 g/mol. The predicted octanol–water partition coefficient (Wildman–Crippen LogP) is 3.88. The number of ether oxygens (including phenoxy) is 1. The van der Waals surface area contributed by atoms with Gasteiger partial charge in [0.05, 0.1) is 18.4 Å². The number of rotatable bonds is 8. The molecule has 2 heterocycles.